The number of nitrogens with zero attached hydrogens (tertiary/aromatic N) is 2. The van der Waals surface area contributed by atoms with E-state index in [-0.39, 0.29) is 25.6 Å². The monoisotopic (exact) mass is 440 g/mol. The Kier molecular flexibility index (Phi) is 5.54. The Bertz CT molecular complexity index is 1060. The highest BCUT2D eigenvalue weighted by Gasteiger charge is 2.34. The molecule has 0 bridgehead atoms. The zero-order valence-corrected chi connectivity index (χ0v) is 16.4. The van der Waals surface area contributed by atoms with E-state index in [2.05, 4.69) is 0 Å². The lowest BCUT2D eigenvalue weighted by Crippen LogP contribution is -2.27. The second kappa shape index (κ2) is 7.74. The van der Waals surface area contributed by atoms with Crippen molar-refractivity contribution in [2.75, 3.05) is 12.0 Å². The van der Waals surface area contributed by atoms with Gasteiger partial charge in [0.25, 0.3) is 5.91 Å². The fourth-order valence-electron chi connectivity index (χ4n) is 2.46. The van der Waals surface area contributed by atoms with Gasteiger partial charge in [-0.05, 0) is 35.9 Å². The third kappa shape index (κ3) is 3.66. The molecule has 0 unspecified atom stereocenters. The number of aromatic hydroxyl groups is 1. The van der Waals surface area contributed by atoms with Crippen molar-refractivity contribution in [2.24, 2.45) is 0 Å². The highest BCUT2D eigenvalue weighted by atomic mass is 35.5. The molecule has 2 aromatic rings. The Balaban J connectivity index is 2.01. The van der Waals surface area contributed by atoms with Crippen LogP contribution < -0.4 is 9.64 Å². The molecule has 1 fully saturated rings. The van der Waals surface area contributed by atoms with E-state index in [1.165, 1.54) is 36.3 Å². The standard InChI is InChI=1S/C17H10ClFN2O5S2/c1-26-13-5-8(4-12(15(13)22)21(24)25)6-14-16(23)20(17(27)28-14)9-2-3-11(19)10(18)7-9/h2-7,22H,1H3/b14-6+. The van der Waals surface area contributed by atoms with Crippen molar-refractivity contribution in [1.82, 2.24) is 0 Å². The number of benzene rings is 2. The number of rotatable bonds is 4. The summed E-state index contributed by atoms with van der Waals surface area (Å²) in [6.45, 7) is 0. The second-order valence-electron chi connectivity index (χ2n) is 5.46. The number of hydrogen-bond acceptors (Lipinski definition) is 7. The van der Waals surface area contributed by atoms with Crippen molar-refractivity contribution < 1.29 is 24.0 Å². The van der Waals surface area contributed by atoms with Gasteiger partial charge in [0, 0.05) is 6.07 Å². The van der Waals surface area contributed by atoms with E-state index in [0.717, 1.165) is 23.9 Å². The summed E-state index contributed by atoms with van der Waals surface area (Å²) in [5.41, 5.74) is -0.00282. The van der Waals surface area contributed by atoms with E-state index in [1.54, 1.807) is 0 Å². The van der Waals surface area contributed by atoms with Crippen LogP contribution in [0.1, 0.15) is 5.56 Å². The predicted molar refractivity (Wildman–Crippen MR) is 108 cm³/mol. The molecule has 11 heteroatoms. The Morgan fingerprint density at radius 2 is 2.11 bits per heavy atom. The SMILES string of the molecule is COc1cc(/C=C2/SC(=S)N(c3ccc(F)c(Cl)c3)C2=O)cc([N+](=O)[O-])c1O. The maximum absolute atomic E-state index is 13.4. The summed E-state index contributed by atoms with van der Waals surface area (Å²) in [4.78, 5) is 24.5. The van der Waals surface area contributed by atoms with Gasteiger partial charge < -0.3 is 9.84 Å². The minimum Gasteiger partial charge on any atom is -0.500 e. The molecular formula is C17H10ClFN2O5S2. The van der Waals surface area contributed by atoms with E-state index in [1.807, 2.05) is 0 Å². The quantitative estimate of drug-likeness (QED) is 0.323. The number of thiocarbonyl (C=S) groups is 1. The van der Waals surface area contributed by atoms with Crippen molar-refractivity contribution in [2.45, 2.75) is 0 Å². The lowest BCUT2D eigenvalue weighted by Gasteiger charge is -2.14. The van der Waals surface area contributed by atoms with Crippen molar-refractivity contribution in [3.05, 3.63) is 61.8 Å². The zero-order valence-electron chi connectivity index (χ0n) is 14.0. The molecule has 1 amide bonds. The Morgan fingerprint density at radius 3 is 2.71 bits per heavy atom. The first-order chi connectivity index (χ1) is 13.2. The summed E-state index contributed by atoms with van der Waals surface area (Å²) in [5, 5.41) is 20.8. The number of anilines is 1. The van der Waals surface area contributed by atoms with Gasteiger partial charge in [0.05, 0.1) is 27.6 Å². The van der Waals surface area contributed by atoms with Crippen molar-refractivity contribution >= 4 is 63.3 Å². The van der Waals surface area contributed by atoms with Gasteiger partial charge in [0.1, 0.15) is 5.82 Å². The summed E-state index contributed by atoms with van der Waals surface area (Å²) in [6.07, 6.45) is 1.39. The van der Waals surface area contributed by atoms with Crippen LogP contribution in [0.4, 0.5) is 15.8 Å². The van der Waals surface area contributed by atoms with E-state index in [4.69, 9.17) is 28.6 Å². The van der Waals surface area contributed by atoms with Gasteiger partial charge in [-0.2, -0.15) is 0 Å². The number of nitro benzene ring substituents is 1. The number of thioether (sulfide) groups is 1. The van der Waals surface area contributed by atoms with Crippen LogP contribution in [0, 0.1) is 15.9 Å². The number of phenols is 1. The average Bonchev–Trinajstić information content (AvgIpc) is 2.92. The third-order valence-corrected chi connectivity index (χ3v) is 5.34. The molecule has 144 valence electrons. The third-order valence-electron chi connectivity index (χ3n) is 3.75. The fraction of sp³-hybridized carbons (Fsp3) is 0.0588. The van der Waals surface area contributed by atoms with Crippen LogP contribution in [-0.4, -0.2) is 27.4 Å². The molecule has 0 radical (unpaired) electrons. The highest BCUT2D eigenvalue weighted by molar-refractivity contribution is 8.27. The Morgan fingerprint density at radius 1 is 1.39 bits per heavy atom. The van der Waals surface area contributed by atoms with E-state index >= 15 is 0 Å². The van der Waals surface area contributed by atoms with Gasteiger partial charge in [-0.15, -0.1) is 0 Å². The molecule has 0 saturated carbocycles. The smallest absolute Gasteiger partial charge is 0.315 e. The highest BCUT2D eigenvalue weighted by Crippen LogP contribution is 2.40. The van der Waals surface area contributed by atoms with Crippen LogP contribution in [0.3, 0.4) is 0 Å². The van der Waals surface area contributed by atoms with Crippen molar-refractivity contribution in [3.8, 4) is 11.5 Å². The zero-order chi connectivity index (χ0) is 20.6. The number of phenolic OH excluding ortho intramolecular Hbond substituents is 1. The van der Waals surface area contributed by atoms with Crippen molar-refractivity contribution in [1.29, 1.82) is 0 Å². The number of ether oxygens (including phenoxy) is 1. The molecular weight excluding hydrogens is 431 g/mol. The number of nitro groups is 1. The molecule has 0 aromatic heterocycles. The first-order valence-electron chi connectivity index (χ1n) is 7.51. The van der Waals surface area contributed by atoms with Gasteiger partial charge in [0.15, 0.2) is 10.1 Å². The lowest BCUT2D eigenvalue weighted by atomic mass is 10.1. The molecule has 0 aliphatic carbocycles. The predicted octanol–water partition coefficient (Wildman–Crippen LogP) is 4.51. The molecule has 7 nitrogen and oxygen atoms in total. The molecule has 1 aliphatic rings. The molecule has 3 rings (SSSR count). The van der Waals surface area contributed by atoms with Crippen LogP contribution in [0.15, 0.2) is 35.2 Å². The Labute approximate surface area is 172 Å². The summed E-state index contributed by atoms with van der Waals surface area (Å²) in [5.74, 6) is -1.85. The first kappa shape index (κ1) is 20.1. The van der Waals surface area contributed by atoms with Gasteiger partial charge in [-0.25, -0.2) is 4.39 Å². The van der Waals surface area contributed by atoms with Crippen LogP contribution in [0.25, 0.3) is 6.08 Å². The fourth-order valence-corrected chi connectivity index (χ4v) is 3.93. The van der Waals surface area contributed by atoms with Crippen LogP contribution in [0.5, 0.6) is 11.5 Å². The van der Waals surface area contributed by atoms with Crippen LogP contribution >= 0.6 is 35.6 Å². The molecule has 1 N–H and O–H groups in total. The maximum atomic E-state index is 13.4. The molecule has 28 heavy (non-hydrogen) atoms. The van der Waals surface area contributed by atoms with Crippen LogP contribution in [0.2, 0.25) is 5.02 Å². The van der Waals surface area contributed by atoms with Gasteiger partial charge in [-0.1, -0.05) is 35.6 Å². The Hall–Kier alpha value is -2.69. The number of hydrogen-bond donors (Lipinski definition) is 1. The van der Waals surface area contributed by atoms with E-state index < -0.39 is 28.1 Å². The number of amides is 1. The normalized spacial score (nSPS) is 15.4. The van der Waals surface area contributed by atoms with Gasteiger partial charge in [0.2, 0.25) is 5.75 Å². The largest absolute Gasteiger partial charge is 0.500 e. The molecule has 2 aromatic carbocycles. The number of carbonyl (C=O) groups excluding carboxylic acids is 1. The van der Waals surface area contributed by atoms with E-state index in [0.29, 0.717) is 5.69 Å². The number of carbonyl (C=O) groups is 1. The second-order valence-corrected chi connectivity index (χ2v) is 7.55. The molecule has 0 spiro atoms. The molecule has 1 aliphatic heterocycles. The number of halogens is 2. The lowest BCUT2D eigenvalue weighted by molar-refractivity contribution is -0.386. The summed E-state index contributed by atoms with van der Waals surface area (Å²) >= 11 is 12.0. The van der Waals surface area contributed by atoms with Gasteiger partial charge >= 0.3 is 5.69 Å². The van der Waals surface area contributed by atoms with E-state index in [9.17, 15) is 24.4 Å². The minimum absolute atomic E-state index is 0.110. The van der Waals surface area contributed by atoms with Crippen molar-refractivity contribution in [3.63, 3.8) is 0 Å². The molecule has 1 saturated heterocycles. The molecule has 0 atom stereocenters. The maximum Gasteiger partial charge on any atom is 0.315 e. The summed E-state index contributed by atoms with van der Waals surface area (Å²) < 4.78 is 18.5. The van der Waals surface area contributed by atoms with Crippen LogP contribution in [-0.2, 0) is 4.79 Å². The molecule has 1 heterocycles. The topological polar surface area (TPSA) is 92.9 Å². The summed E-state index contributed by atoms with van der Waals surface area (Å²) in [6, 6.07) is 6.22. The number of methoxy groups -OCH3 is 1. The minimum atomic E-state index is -0.763. The summed E-state index contributed by atoms with van der Waals surface area (Å²) in [7, 11) is 1.25. The first-order valence-corrected chi connectivity index (χ1v) is 9.11. The van der Waals surface area contributed by atoms with Gasteiger partial charge in [-0.3, -0.25) is 19.8 Å². The average molecular weight is 441 g/mol.